The second-order valence-corrected chi connectivity index (χ2v) is 4.61. The molecule has 0 spiro atoms. The van der Waals surface area contributed by atoms with E-state index in [0.717, 1.165) is 44.0 Å². The molecule has 18 heavy (non-hydrogen) atoms. The molecule has 0 bridgehead atoms. The second kappa shape index (κ2) is 6.47. The van der Waals surface area contributed by atoms with E-state index in [9.17, 15) is 4.79 Å². The van der Waals surface area contributed by atoms with Crippen LogP contribution in [0.15, 0.2) is 18.3 Å². The van der Waals surface area contributed by atoms with Crippen LogP contribution in [-0.4, -0.2) is 48.5 Å². The third-order valence-electron chi connectivity index (χ3n) is 2.98. The van der Waals surface area contributed by atoms with Crippen molar-refractivity contribution in [3.8, 4) is 0 Å². The molecule has 0 unspecified atom stereocenters. The van der Waals surface area contributed by atoms with Crippen molar-refractivity contribution in [2.45, 2.75) is 13.3 Å². The third kappa shape index (κ3) is 4.09. The van der Waals surface area contributed by atoms with Gasteiger partial charge >= 0.3 is 0 Å². The Morgan fingerprint density at radius 2 is 2.39 bits per heavy atom. The summed E-state index contributed by atoms with van der Waals surface area (Å²) in [7, 11) is 0. The lowest BCUT2D eigenvalue weighted by Gasteiger charge is -2.18. The number of nitrogens with zero attached hydrogens (tertiary/aromatic N) is 2. The molecule has 0 radical (unpaired) electrons. The Kier molecular flexibility index (Phi) is 4.66. The summed E-state index contributed by atoms with van der Waals surface area (Å²) in [6, 6.07) is 3.69. The number of amides is 1. The first-order chi connectivity index (χ1) is 8.74. The minimum atomic E-state index is 0.0440. The van der Waals surface area contributed by atoms with Gasteiger partial charge in [-0.15, -0.1) is 0 Å². The van der Waals surface area contributed by atoms with Gasteiger partial charge in [0.25, 0.3) is 0 Å². The molecule has 1 aliphatic heterocycles. The topological polar surface area (TPSA) is 57.3 Å². The Morgan fingerprint density at radius 3 is 3.22 bits per heavy atom. The zero-order valence-corrected chi connectivity index (χ0v) is 10.8. The van der Waals surface area contributed by atoms with Gasteiger partial charge in [0.2, 0.25) is 5.91 Å². The fourth-order valence-electron chi connectivity index (χ4n) is 2.09. The highest BCUT2D eigenvalue weighted by atomic mass is 16.2. The molecular formula is C13H20N4O. The number of pyridine rings is 1. The summed E-state index contributed by atoms with van der Waals surface area (Å²) < 4.78 is 0. The fraction of sp³-hybridized carbons (Fsp3) is 0.538. The first kappa shape index (κ1) is 13.0. The average Bonchev–Trinajstić information content (AvgIpc) is 2.57. The lowest BCUT2D eigenvalue weighted by Crippen LogP contribution is -2.35. The number of carbonyl (C=O) groups excluding carboxylic acids is 1. The van der Waals surface area contributed by atoms with Crippen LogP contribution < -0.4 is 10.6 Å². The summed E-state index contributed by atoms with van der Waals surface area (Å²) >= 11 is 0. The molecular weight excluding hydrogens is 228 g/mol. The maximum atomic E-state index is 11.9. The van der Waals surface area contributed by atoms with Crippen LogP contribution in [0.3, 0.4) is 0 Å². The number of hydrogen-bond acceptors (Lipinski definition) is 4. The van der Waals surface area contributed by atoms with Crippen LogP contribution in [0.4, 0.5) is 5.69 Å². The van der Waals surface area contributed by atoms with E-state index in [1.54, 1.807) is 6.20 Å². The van der Waals surface area contributed by atoms with Crippen molar-refractivity contribution in [2.24, 2.45) is 0 Å². The van der Waals surface area contributed by atoms with Crippen molar-refractivity contribution < 1.29 is 4.79 Å². The largest absolute Gasteiger partial charge is 0.325 e. The number of rotatable bonds is 3. The monoisotopic (exact) mass is 248 g/mol. The molecule has 1 amide bonds. The second-order valence-electron chi connectivity index (χ2n) is 4.61. The van der Waals surface area contributed by atoms with Crippen LogP contribution in [0.1, 0.15) is 12.1 Å². The smallest absolute Gasteiger partial charge is 0.238 e. The fourth-order valence-corrected chi connectivity index (χ4v) is 2.09. The van der Waals surface area contributed by atoms with Gasteiger partial charge in [0.15, 0.2) is 0 Å². The van der Waals surface area contributed by atoms with Gasteiger partial charge in [-0.05, 0) is 38.6 Å². The van der Waals surface area contributed by atoms with Crippen LogP contribution in [0.2, 0.25) is 0 Å². The molecule has 2 heterocycles. The summed E-state index contributed by atoms with van der Waals surface area (Å²) in [6.07, 6.45) is 2.81. The summed E-state index contributed by atoms with van der Waals surface area (Å²) in [6.45, 7) is 6.29. The van der Waals surface area contributed by atoms with Crippen LogP contribution in [0.25, 0.3) is 0 Å². The van der Waals surface area contributed by atoms with Crippen LogP contribution >= 0.6 is 0 Å². The Labute approximate surface area is 108 Å². The number of aromatic nitrogens is 1. The first-order valence-electron chi connectivity index (χ1n) is 6.39. The molecule has 0 saturated carbocycles. The Hall–Kier alpha value is -1.46. The molecule has 2 N–H and O–H groups in total. The van der Waals surface area contributed by atoms with Crippen molar-refractivity contribution in [3.05, 3.63) is 24.0 Å². The van der Waals surface area contributed by atoms with Crippen molar-refractivity contribution in [3.63, 3.8) is 0 Å². The molecule has 1 aliphatic rings. The number of carbonyl (C=O) groups is 1. The minimum absolute atomic E-state index is 0.0440. The van der Waals surface area contributed by atoms with Crippen molar-refractivity contribution in [1.29, 1.82) is 0 Å². The quantitative estimate of drug-likeness (QED) is 0.823. The molecule has 98 valence electrons. The maximum absolute atomic E-state index is 11.9. The van der Waals surface area contributed by atoms with Gasteiger partial charge < -0.3 is 10.6 Å². The van der Waals surface area contributed by atoms with Gasteiger partial charge in [0.1, 0.15) is 0 Å². The van der Waals surface area contributed by atoms with Gasteiger partial charge in [-0.3, -0.25) is 14.7 Å². The molecule has 1 aromatic rings. The van der Waals surface area contributed by atoms with Crippen LogP contribution in [0, 0.1) is 6.92 Å². The summed E-state index contributed by atoms with van der Waals surface area (Å²) in [4.78, 5) is 18.2. The number of hydrogen-bond donors (Lipinski definition) is 2. The van der Waals surface area contributed by atoms with Crippen molar-refractivity contribution in [2.75, 3.05) is 38.0 Å². The highest BCUT2D eigenvalue weighted by Crippen LogP contribution is 2.07. The highest BCUT2D eigenvalue weighted by Gasteiger charge is 2.12. The van der Waals surface area contributed by atoms with E-state index < -0.39 is 0 Å². The van der Waals surface area contributed by atoms with E-state index in [2.05, 4.69) is 20.5 Å². The third-order valence-corrected chi connectivity index (χ3v) is 2.98. The summed E-state index contributed by atoms with van der Waals surface area (Å²) in [5.41, 5.74) is 1.73. The standard InChI is InChI=1S/C13H20N4O/c1-11-9-12(3-5-15-11)16-13(18)10-17-7-2-4-14-6-8-17/h3,5,9,14H,2,4,6-8,10H2,1H3,(H,15,16,18). The Balaban J connectivity index is 1.84. The van der Waals surface area contributed by atoms with E-state index in [1.165, 1.54) is 0 Å². The zero-order chi connectivity index (χ0) is 12.8. The lowest BCUT2D eigenvalue weighted by molar-refractivity contribution is -0.117. The number of nitrogens with one attached hydrogen (secondary N) is 2. The molecule has 2 rings (SSSR count). The van der Waals surface area contributed by atoms with Crippen LogP contribution in [0.5, 0.6) is 0 Å². The van der Waals surface area contributed by atoms with Crippen LogP contribution in [-0.2, 0) is 4.79 Å². The molecule has 1 fully saturated rings. The molecule has 0 aromatic carbocycles. The lowest BCUT2D eigenvalue weighted by atomic mass is 10.3. The minimum Gasteiger partial charge on any atom is -0.325 e. The van der Waals surface area contributed by atoms with Gasteiger partial charge in [-0.1, -0.05) is 0 Å². The predicted octanol–water partition coefficient (Wildman–Crippen LogP) is 0.624. The van der Waals surface area contributed by atoms with Crippen molar-refractivity contribution in [1.82, 2.24) is 15.2 Å². The zero-order valence-electron chi connectivity index (χ0n) is 10.8. The molecule has 5 heteroatoms. The molecule has 1 saturated heterocycles. The Bertz CT molecular complexity index is 400. The van der Waals surface area contributed by atoms with E-state index >= 15 is 0 Å². The summed E-state index contributed by atoms with van der Waals surface area (Å²) in [5, 5.41) is 6.24. The van der Waals surface area contributed by atoms with E-state index in [1.807, 2.05) is 19.1 Å². The highest BCUT2D eigenvalue weighted by molar-refractivity contribution is 5.92. The SMILES string of the molecule is Cc1cc(NC(=O)CN2CCCNCC2)ccn1. The van der Waals surface area contributed by atoms with E-state index in [-0.39, 0.29) is 5.91 Å². The number of anilines is 1. The average molecular weight is 248 g/mol. The van der Waals surface area contributed by atoms with E-state index in [4.69, 9.17) is 0 Å². The molecule has 5 nitrogen and oxygen atoms in total. The predicted molar refractivity (Wildman–Crippen MR) is 71.5 cm³/mol. The van der Waals surface area contributed by atoms with Gasteiger partial charge in [-0.2, -0.15) is 0 Å². The van der Waals surface area contributed by atoms with E-state index in [0.29, 0.717) is 6.54 Å². The first-order valence-corrected chi connectivity index (χ1v) is 6.39. The van der Waals surface area contributed by atoms with Gasteiger partial charge in [0.05, 0.1) is 6.54 Å². The summed E-state index contributed by atoms with van der Waals surface area (Å²) in [5.74, 6) is 0.0440. The van der Waals surface area contributed by atoms with Gasteiger partial charge in [-0.25, -0.2) is 0 Å². The van der Waals surface area contributed by atoms with Gasteiger partial charge in [0, 0.05) is 30.7 Å². The molecule has 0 aliphatic carbocycles. The molecule has 0 atom stereocenters. The maximum Gasteiger partial charge on any atom is 0.238 e. The van der Waals surface area contributed by atoms with Crippen molar-refractivity contribution >= 4 is 11.6 Å². The normalized spacial score (nSPS) is 17.2. The molecule has 1 aromatic heterocycles. The number of aryl methyl sites for hydroxylation is 1. The Morgan fingerprint density at radius 1 is 1.50 bits per heavy atom.